The van der Waals surface area contributed by atoms with Crippen LogP contribution in [0, 0.1) is 0 Å². The van der Waals surface area contributed by atoms with E-state index in [4.69, 9.17) is 0 Å². The van der Waals surface area contributed by atoms with E-state index in [1.165, 1.54) is 4.31 Å². The van der Waals surface area contributed by atoms with E-state index in [9.17, 15) is 18.0 Å². The van der Waals surface area contributed by atoms with Crippen LogP contribution in [-0.4, -0.2) is 51.0 Å². The molecule has 1 N–H and O–H groups in total. The van der Waals surface area contributed by atoms with E-state index < -0.39 is 10.0 Å². The second-order valence-electron chi connectivity index (χ2n) is 8.74. The standard InChI is InChI=1S/C28H31N3O4S2/c1-3-31(37(34,35)24-17-15-23(36-2)16-18-24)22-13-11-21(12-14-22)27(32)29-26-10-6-5-9-25(26)28(33)30-19-7-4-8-20-30/h5-6,9-18H,3-4,7-8,19-20H2,1-2H3,(H,29,32). The van der Waals surface area contributed by atoms with Crippen LogP contribution >= 0.6 is 11.8 Å². The molecule has 9 heteroatoms. The summed E-state index contributed by atoms with van der Waals surface area (Å²) in [7, 11) is -3.76. The zero-order valence-electron chi connectivity index (χ0n) is 21.0. The van der Waals surface area contributed by atoms with E-state index in [0.717, 1.165) is 37.2 Å². The molecule has 1 heterocycles. The zero-order chi connectivity index (χ0) is 26.4. The molecule has 194 valence electrons. The van der Waals surface area contributed by atoms with Gasteiger partial charge in [0.25, 0.3) is 21.8 Å². The van der Waals surface area contributed by atoms with Crippen molar-refractivity contribution in [3.05, 3.63) is 83.9 Å². The number of benzene rings is 3. The summed E-state index contributed by atoms with van der Waals surface area (Å²) in [6.07, 6.45) is 5.03. The van der Waals surface area contributed by atoms with Crippen molar-refractivity contribution < 1.29 is 18.0 Å². The molecule has 3 aromatic carbocycles. The molecule has 0 aromatic heterocycles. The first-order valence-corrected chi connectivity index (χ1v) is 15.0. The molecule has 37 heavy (non-hydrogen) atoms. The Hall–Kier alpha value is -3.30. The molecule has 4 rings (SSSR count). The van der Waals surface area contributed by atoms with Gasteiger partial charge in [0, 0.05) is 30.1 Å². The van der Waals surface area contributed by atoms with Crippen molar-refractivity contribution >= 4 is 45.0 Å². The number of hydrogen-bond acceptors (Lipinski definition) is 5. The van der Waals surface area contributed by atoms with E-state index in [1.807, 2.05) is 11.2 Å². The molecule has 0 unspecified atom stereocenters. The maximum atomic E-state index is 13.3. The molecule has 0 bridgehead atoms. The fraction of sp³-hybridized carbons (Fsp3) is 0.286. The summed E-state index contributed by atoms with van der Waals surface area (Å²) in [6, 6.07) is 20.2. The van der Waals surface area contributed by atoms with Crippen molar-refractivity contribution in [2.24, 2.45) is 0 Å². The Balaban J connectivity index is 1.51. The first kappa shape index (κ1) is 26.8. The highest BCUT2D eigenvalue weighted by Gasteiger charge is 2.24. The molecular weight excluding hydrogens is 506 g/mol. The molecule has 2 amide bonds. The quantitative estimate of drug-likeness (QED) is 0.383. The Kier molecular flexibility index (Phi) is 8.56. The van der Waals surface area contributed by atoms with Crippen LogP contribution in [0.3, 0.4) is 0 Å². The number of carbonyl (C=O) groups excluding carboxylic acids is 2. The third-order valence-electron chi connectivity index (χ3n) is 6.40. The number of nitrogens with zero attached hydrogens (tertiary/aromatic N) is 2. The first-order chi connectivity index (χ1) is 17.8. The van der Waals surface area contributed by atoms with Crippen LogP contribution in [-0.2, 0) is 10.0 Å². The van der Waals surface area contributed by atoms with Gasteiger partial charge in [-0.3, -0.25) is 13.9 Å². The van der Waals surface area contributed by atoms with Gasteiger partial charge in [-0.2, -0.15) is 0 Å². The Bertz CT molecular complexity index is 1350. The summed E-state index contributed by atoms with van der Waals surface area (Å²) in [4.78, 5) is 29.1. The van der Waals surface area contributed by atoms with Crippen molar-refractivity contribution in [2.75, 3.05) is 35.5 Å². The van der Waals surface area contributed by atoms with E-state index in [2.05, 4.69) is 5.32 Å². The molecule has 0 atom stereocenters. The number of piperidine rings is 1. The normalized spacial score (nSPS) is 13.7. The number of para-hydroxylation sites is 1. The molecule has 1 saturated heterocycles. The minimum Gasteiger partial charge on any atom is -0.339 e. The smallest absolute Gasteiger partial charge is 0.264 e. The topological polar surface area (TPSA) is 86.8 Å². The maximum absolute atomic E-state index is 13.3. The first-order valence-electron chi connectivity index (χ1n) is 12.3. The van der Waals surface area contributed by atoms with Gasteiger partial charge in [-0.1, -0.05) is 12.1 Å². The number of rotatable bonds is 8. The van der Waals surface area contributed by atoms with Crippen LogP contribution < -0.4 is 9.62 Å². The lowest BCUT2D eigenvalue weighted by molar-refractivity contribution is 0.0725. The molecule has 1 aliphatic heterocycles. The summed E-state index contributed by atoms with van der Waals surface area (Å²) >= 11 is 1.55. The summed E-state index contributed by atoms with van der Waals surface area (Å²) in [5.74, 6) is -0.454. The van der Waals surface area contributed by atoms with Crippen LogP contribution in [0.15, 0.2) is 82.6 Å². The molecular formula is C28H31N3O4S2. The summed E-state index contributed by atoms with van der Waals surface area (Å²) in [6.45, 7) is 3.46. The van der Waals surface area contributed by atoms with Gasteiger partial charge in [0.2, 0.25) is 0 Å². The zero-order valence-corrected chi connectivity index (χ0v) is 22.6. The van der Waals surface area contributed by atoms with Gasteiger partial charge in [-0.05, 0) is 93.1 Å². The predicted molar refractivity (Wildman–Crippen MR) is 149 cm³/mol. The lowest BCUT2D eigenvalue weighted by atomic mass is 10.1. The molecule has 3 aromatic rings. The van der Waals surface area contributed by atoms with E-state index in [0.29, 0.717) is 22.5 Å². The number of nitrogens with one attached hydrogen (secondary N) is 1. The van der Waals surface area contributed by atoms with Gasteiger partial charge in [0.1, 0.15) is 0 Å². The highest BCUT2D eigenvalue weighted by atomic mass is 32.2. The second kappa shape index (κ2) is 11.8. The van der Waals surface area contributed by atoms with Crippen molar-refractivity contribution in [1.82, 2.24) is 4.90 Å². The Morgan fingerprint density at radius 2 is 1.57 bits per heavy atom. The largest absolute Gasteiger partial charge is 0.339 e. The van der Waals surface area contributed by atoms with Gasteiger partial charge in [-0.15, -0.1) is 11.8 Å². The fourth-order valence-corrected chi connectivity index (χ4v) is 6.27. The highest BCUT2D eigenvalue weighted by Crippen LogP contribution is 2.26. The van der Waals surface area contributed by atoms with Crippen LogP contribution in [0.25, 0.3) is 0 Å². The number of thioether (sulfide) groups is 1. The Morgan fingerprint density at radius 1 is 0.919 bits per heavy atom. The van der Waals surface area contributed by atoms with Crippen LogP contribution in [0.2, 0.25) is 0 Å². The summed E-state index contributed by atoms with van der Waals surface area (Å²) < 4.78 is 27.8. The number of anilines is 2. The van der Waals surface area contributed by atoms with Crippen molar-refractivity contribution in [2.45, 2.75) is 36.0 Å². The number of sulfonamides is 1. The minimum absolute atomic E-state index is 0.0831. The molecule has 1 fully saturated rings. The lowest BCUT2D eigenvalue weighted by Crippen LogP contribution is -2.36. The third kappa shape index (κ3) is 5.99. The molecule has 0 aliphatic carbocycles. The fourth-order valence-electron chi connectivity index (χ4n) is 4.39. The molecule has 0 saturated carbocycles. The van der Waals surface area contributed by atoms with Gasteiger partial charge in [0.05, 0.1) is 21.8 Å². The number of hydrogen-bond donors (Lipinski definition) is 1. The van der Waals surface area contributed by atoms with Gasteiger partial charge < -0.3 is 10.2 Å². The second-order valence-corrected chi connectivity index (χ2v) is 11.5. The van der Waals surface area contributed by atoms with Crippen LogP contribution in [0.1, 0.15) is 46.9 Å². The van der Waals surface area contributed by atoms with Crippen molar-refractivity contribution in [3.63, 3.8) is 0 Å². The lowest BCUT2D eigenvalue weighted by Gasteiger charge is -2.27. The average molecular weight is 538 g/mol. The number of amides is 2. The minimum atomic E-state index is -3.76. The highest BCUT2D eigenvalue weighted by molar-refractivity contribution is 7.98. The Morgan fingerprint density at radius 3 is 2.19 bits per heavy atom. The Labute approximate surface area is 222 Å². The molecule has 0 radical (unpaired) electrons. The van der Waals surface area contributed by atoms with Crippen LogP contribution in [0.4, 0.5) is 11.4 Å². The van der Waals surface area contributed by atoms with E-state index in [1.54, 1.807) is 91.5 Å². The van der Waals surface area contributed by atoms with Gasteiger partial charge >= 0.3 is 0 Å². The molecule has 0 spiro atoms. The number of likely N-dealkylation sites (tertiary alicyclic amines) is 1. The third-order valence-corrected chi connectivity index (χ3v) is 9.06. The van der Waals surface area contributed by atoms with Gasteiger partial charge in [0.15, 0.2) is 0 Å². The maximum Gasteiger partial charge on any atom is 0.264 e. The van der Waals surface area contributed by atoms with Gasteiger partial charge in [-0.25, -0.2) is 8.42 Å². The predicted octanol–water partition coefficient (Wildman–Crippen LogP) is 5.50. The van der Waals surface area contributed by atoms with E-state index in [-0.39, 0.29) is 23.3 Å². The monoisotopic (exact) mass is 537 g/mol. The van der Waals surface area contributed by atoms with Crippen molar-refractivity contribution in [3.8, 4) is 0 Å². The van der Waals surface area contributed by atoms with Crippen molar-refractivity contribution in [1.29, 1.82) is 0 Å². The average Bonchev–Trinajstić information content (AvgIpc) is 2.94. The summed E-state index contributed by atoms with van der Waals surface area (Å²) in [5.41, 5.74) is 1.75. The SMILES string of the molecule is CCN(c1ccc(C(=O)Nc2ccccc2C(=O)N2CCCCC2)cc1)S(=O)(=O)c1ccc(SC)cc1. The summed E-state index contributed by atoms with van der Waals surface area (Å²) in [5, 5.41) is 2.86. The molecule has 7 nitrogen and oxygen atoms in total. The molecule has 1 aliphatic rings. The van der Waals surface area contributed by atoms with E-state index >= 15 is 0 Å². The van der Waals surface area contributed by atoms with Crippen LogP contribution in [0.5, 0.6) is 0 Å². The number of carbonyl (C=O) groups is 2.